The molecule has 0 spiro atoms. The Hall–Kier alpha value is -1.14. The predicted molar refractivity (Wildman–Crippen MR) is 47.8 cm³/mol. The summed E-state index contributed by atoms with van der Waals surface area (Å²) in [5, 5.41) is 20.1. The van der Waals surface area contributed by atoms with E-state index in [0.29, 0.717) is 6.42 Å². The minimum atomic E-state index is -1.04. The number of aliphatic carboxylic acids is 1. The summed E-state index contributed by atoms with van der Waals surface area (Å²) in [4.78, 5) is 23.2. The highest BCUT2D eigenvalue weighted by molar-refractivity contribution is 5.87. The molecule has 0 radical (unpaired) electrons. The normalized spacial score (nSPS) is 22.9. The Bertz CT molecular complexity index is 259. The second kappa shape index (κ2) is 3.55. The Morgan fingerprint density at radius 3 is 2.71 bits per heavy atom. The first-order chi connectivity index (χ1) is 6.31. The molecular formula is C8H14N2O4. The molecule has 0 aromatic rings. The number of carboxylic acids is 1. The maximum absolute atomic E-state index is 11.3. The number of carbonyl (C=O) groups excluding carboxylic acids is 1. The smallest absolute Gasteiger partial charge is 0.326 e. The first-order valence-electron chi connectivity index (χ1n) is 4.37. The number of nitrogens with zero attached hydrogens (tertiary/aromatic N) is 2. The first-order valence-corrected chi connectivity index (χ1v) is 4.37. The van der Waals surface area contributed by atoms with Crippen molar-refractivity contribution in [3.63, 3.8) is 0 Å². The molecular weight excluding hydrogens is 188 g/mol. The maximum Gasteiger partial charge on any atom is 0.326 e. The minimum Gasteiger partial charge on any atom is -0.632 e. The number of likely N-dealkylation sites (tertiary alicyclic amines) is 1. The fourth-order valence-corrected chi connectivity index (χ4v) is 1.53. The molecule has 0 aromatic carbocycles. The van der Waals surface area contributed by atoms with Crippen molar-refractivity contribution in [3.8, 4) is 0 Å². The molecule has 1 fully saturated rings. The second-order valence-corrected chi connectivity index (χ2v) is 3.97. The lowest BCUT2D eigenvalue weighted by Crippen LogP contribution is -2.49. The molecule has 1 aliphatic heterocycles. The van der Waals surface area contributed by atoms with Crippen molar-refractivity contribution < 1.29 is 19.3 Å². The number of amides is 1. The van der Waals surface area contributed by atoms with E-state index in [1.165, 1.54) is 14.1 Å². The predicted octanol–water partition coefficient (Wildman–Crippen LogP) is -0.406. The van der Waals surface area contributed by atoms with Crippen LogP contribution in [0.2, 0.25) is 0 Å². The summed E-state index contributed by atoms with van der Waals surface area (Å²) < 4.78 is -0.685. The lowest BCUT2D eigenvalue weighted by Gasteiger charge is -2.38. The lowest BCUT2D eigenvalue weighted by atomic mass is 10.2. The van der Waals surface area contributed by atoms with Gasteiger partial charge in [-0.3, -0.25) is 9.69 Å². The van der Waals surface area contributed by atoms with Gasteiger partial charge in [0.1, 0.15) is 6.04 Å². The summed E-state index contributed by atoms with van der Waals surface area (Å²) in [6.45, 7) is -0.101. The Morgan fingerprint density at radius 2 is 2.29 bits per heavy atom. The number of hydrogen-bond acceptors (Lipinski definition) is 3. The van der Waals surface area contributed by atoms with Crippen molar-refractivity contribution >= 4 is 11.9 Å². The van der Waals surface area contributed by atoms with Gasteiger partial charge in [0.05, 0.1) is 14.1 Å². The van der Waals surface area contributed by atoms with Crippen LogP contribution in [-0.4, -0.2) is 53.3 Å². The summed E-state index contributed by atoms with van der Waals surface area (Å²) in [5.41, 5.74) is 0. The van der Waals surface area contributed by atoms with Crippen molar-refractivity contribution in [1.29, 1.82) is 0 Å². The van der Waals surface area contributed by atoms with Crippen LogP contribution in [0, 0.1) is 5.21 Å². The zero-order valence-corrected chi connectivity index (χ0v) is 8.27. The summed E-state index contributed by atoms with van der Waals surface area (Å²) in [6.07, 6.45) is 0.519. The van der Waals surface area contributed by atoms with Gasteiger partial charge in [-0.05, 0) is 6.42 Å². The minimum absolute atomic E-state index is 0.101. The number of quaternary nitrogens is 1. The van der Waals surface area contributed by atoms with Crippen LogP contribution in [0.4, 0.5) is 0 Å². The fraction of sp³-hybridized carbons (Fsp3) is 0.750. The summed E-state index contributed by atoms with van der Waals surface area (Å²) in [7, 11) is 2.76. The van der Waals surface area contributed by atoms with Gasteiger partial charge in [0.2, 0.25) is 5.91 Å². The molecule has 0 unspecified atom stereocenters. The Balaban J connectivity index is 2.72. The van der Waals surface area contributed by atoms with Crippen LogP contribution >= 0.6 is 0 Å². The third-order valence-corrected chi connectivity index (χ3v) is 2.11. The molecule has 1 rings (SSSR count). The van der Waals surface area contributed by atoms with E-state index in [-0.39, 0.29) is 19.0 Å². The van der Waals surface area contributed by atoms with Crippen molar-refractivity contribution in [1.82, 2.24) is 4.90 Å². The Labute approximate surface area is 81.9 Å². The number of carbonyl (C=O) groups is 2. The quantitative estimate of drug-likeness (QED) is 0.498. The number of rotatable bonds is 3. The Morgan fingerprint density at radius 1 is 1.71 bits per heavy atom. The molecule has 6 heteroatoms. The average molecular weight is 202 g/mol. The zero-order chi connectivity index (χ0) is 10.9. The highest BCUT2D eigenvalue weighted by Crippen LogP contribution is 2.19. The molecule has 1 aliphatic rings. The fourth-order valence-electron chi connectivity index (χ4n) is 1.53. The van der Waals surface area contributed by atoms with Gasteiger partial charge < -0.3 is 15.0 Å². The van der Waals surface area contributed by atoms with E-state index in [9.17, 15) is 14.8 Å². The molecule has 0 aromatic heterocycles. The molecule has 1 saturated heterocycles. The van der Waals surface area contributed by atoms with Crippen molar-refractivity contribution in [2.24, 2.45) is 0 Å². The monoisotopic (exact) mass is 202 g/mol. The van der Waals surface area contributed by atoms with Crippen LogP contribution in [0.15, 0.2) is 0 Å². The SMILES string of the molecule is C[N+](C)([O-])CN1C(=O)CC[C@H]1C(=O)O. The van der Waals surface area contributed by atoms with Crippen molar-refractivity contribution in [3.05, 3.63) is 5.21 Å². The van der Waals surface area contributed by atoms with Crippen LogP contribution in [0.3, 0.4) is 0 Å². The van der Waals surface area contributed by atoms with Gasteiger partial charge in [0.15, 0.2) is 6.67 Å². The first kappa shape index (κ1) is 10.9. The van der Waals surface area contributed by atoms with Crippen LogP contribution in [0.1, 0.15) is 12.8 Å². The van der Waals surface area contributed by atoms with E-state index in [1.54, 1.807) is 0 Å². The van der Waals surface area contributed by atoms with Crippen LogP contribution in [-0.2, 0) is 9.59 Å². The highest BCUT2D eigenvalue weighted by Gasteiger charge is 2.37. The van der Waals surface area contributed by atoms with E-state index in [1.807, 2.05) is 0 Å². The molecule has 6 nitrogen and oxygen atoms in total. The Kier molecular flexibility index (Phi) is 2.77. The number of hydroxylamine groups is 3. The molecule has 14 heavy (non-hydrogen) atoms. The van der Waals surface area contributed by atoms with Gasteiger partial charge >= 0.3 is 5.97 Å². The van der Waals surface area contributed by atoms with E-state index in [4.69, 9.17) is 5.11 Å². The molecule has 0 aliphatic carbocycles. The molecule has 0 bridgehead atoms. The third kappa shape index (κ3) is 2.43. The standard InChI is InChI=1S/C8H14N2O4/c1-10(2,14)5-9-6(8(12)13)3-4-7(9)11/h6H,3-5H2,1-2H3,(H,12,13)/t6-/m0/s1. The van der Waals surface area contributed by atoms with Crippen molar-refractivity contribution in [2.75, 3.05) is 20.8 Å². The summed E-state index contributed by atoms with van der Waals surface area (Å²) in [6, 6.07) is -0.825. The molecule has 80 valence electrons. The molecule has 1 N–H and O–H groups in total. The topological polar surface area (TPSA) is 80.7 Å². The van der Waals surface area contributed by atoms with E-state index in [0.717, 1.165) is 4.90 Å². The van der Waals surface area contributed by atoms with Crippen molar-refractivity contribution in [2.45, 2.75) is 18.9 Å². The van der Waals surface area contributed by atoms with E-state index >= 15 is 0 Å². The average Bonchev–Trinajstić information content (AvgIpc) is 2.29. The summed E-state index contributed by atoms with van der Waals surface area (Å²) >= 11 is 0. The zero-order valence-electron chi connectivity index (χ0n) is 8.27. The van der Waals surface area contributed by atoms with Gasteiger partial charge in [0.25, 0.3) is 0 Å². The molecule has 1 amide bonds. The van der Waals surface area contributed by atoms with E-state index in [2.05, 4.69) is 0 Å². The molecule has 0 saturated carbocycles. The largest absolute Gasteiger partial charge is 0.632 e. The van der Waals surface area contributed by atoms with Crippen LogP contribution in [0.5, 0.6) is 0 Å². The van der Waals surface area contributed by atoms with Crippen LogP contribution in [0.25, 0.3) is 0 Å². The number of hydrogen-bond donors (Lipinski definition) is 1. The van der Waals surface area contributed by atoms with Gasteiger partial charge in [-0.15, -0.1) is 0 Å². The van der Waals surface area contributed by atoms with Gasteiger partial charge in [-0.2, -0.15) is 0 Å². The van der Waals surface area contributed by atoms with Gasteiger partial charge in [-0.25, -0.2) is 4.79 Å². The van der Waals surface area contributed by atoms with Crippen LogP contribution < -0.4 is 0 Å². The molecule has 1 heterocycles. The maximum atomic E-state index is 11.3. The lowest BCUT2D eigenvalue weighted by molar-refractivity contribution is -0.849. The number of carboxylic acid groups (broad SMARTS) is 1. The van der Waals surface area contributed by atoms with E-state index < -0.39 is 16.7 Å². The summed E-state index contributed by atoms with van der Waals surface area (Å²) in [5.74, 6) is -1.29. The molecule has 1 atom stereocenters. The highest BCUT2D eigenvalue weighted by atomic mass is 16.5. The van der Waals surface area contributed by atoms with Gasteiger partial charge in [-0.1, -0.05) is 0 Å². The third-order valence-electron chi connectivity index (χ3n) is 2.11. The second-order valence-electron chi connectivity index (χ2n) is 3.97. The van der Waals surface area contributed by atoms with Gasteiger partial charge in [0, 0.05) is 6.42 Å².